The standard InChI is InChI=1S/C14H12BrN3/c15-11-6-13(12-9-17-18-14(12)7-11)16-8-10-4-2-1-3-5-10/h1-7,9,16H,8H2,(H,17,18). The van der Waals surface area contributed by atoms with Gasteiger partial charge in [0, 0.05) is 22.1 Å². The Morgan fingerprint density at radius 1 is 1.17 bits per heavy atom. The molecule has 0 spiro atoms. The zero-order valence-electron chi connectivity index (χ0n) is 9.65. The van der Waals surface area contributed by atoms with Gasteiger partial charge in [-0.15, -0.1) is 0 Å². The summed E-state index contributed by atoms with van der Waals surface area (Å²) in [4.78, 5) is 0. The minimum Gasteiger partial charge on any atom is -0.380 e. The van der Waals surface area contributed by atoms with Crippen LogP contribution in [0.3, 0.4) is 0 Å². The summed E-state index contributed by atoms with van der Waals surface area (Å²) in [6, 6.07) is 14.4. The molecule has 1 heterocycles. The van der Waals surface area contributed by atoms with E-state index in [1.807, 2.05) is 30.5 Å². The summed E-state index contributed by atoms with van der Waals surface area (Å²) in [6.07, 6.45) is 1.84. The van der Waals surface area contributed by atoms with Gasteiger partial charge in [-0.1, -0.05) is 46.3 Å². The normalized spacial score (nSPS) is 10.7. The van der Waals surface area contributed by atoms with Crippen LogP contribution in [0.4, 0.5) is 5.69 Å². The summed E-state index contributed by atoms with van der Waals surface area (Å²) in [5.74, 6) is 0. The largest absolute Gasteiger partial charge is 0.380 e. The van der Waals surface area contributed by atoms with Crippen LogP contribution < -0.4 is 5.32 Å². The highest BCUT2D eigenvalue weighted by atomic mass is 79.9. The van der Waals surface area contributed by atoms with Gasteiger partial charge < -0.3 is 5.32 Å². The first-order valence-electron chi connectivity index (χ1n) is 5.73. The minimum atomic E-state index is 0.803. The zero-order chi connectivity index (χ0) is 12.4. The van der Waals surface area contributed by atoms with E-state index < -0.39 is 0 Å². The van der Waals surface area contributed by atoms with Crippen molar-refractivity contribution in [2.45, 2.75) is 6.54 Å². The Morgan fingerprint density at radius 3 is 2.83 bits per heavy atom. The first-order chi connectivity index (χ1) is 8.83. The van der Waals surface area contributed by atoms with Crippen molar-refractivity contribution < 1.29 is 0 Å². The molecule has 0 atom stereocenters. The summed E-state index contributed by atoms with van der Waals surface area (Å²) in [5.41, 5.74) is 3.37. The van der Waals surface area contributed by atoms with Crippen molar-refractivity contribution >= 4 is 32.5 Å². The molecule has 4 heteroatoms. The Bertz CT molecular complexity index is 661. The number of hydrogen-bond acceptors (Lipinski definition) is 2. The van der Waals surface area contributed by atoms with Crippen LogP contribution in [-0.2, 0) is 6.54 Å². The second-order valence-electron chi connectivity index (χ2n) is 4.12. The van der Waals surface area contributed by atoms with E-state index >= 15 is 0 Å². The molecule has 0 aliphatic carbocycles. The molecular weight excluding hydrogens is 290 g/mol. The lowest BCUT2D eigenvalue weighted by molar-refractivity contribution is 1.12. The number of halogens is 1. The lowest BCUT2D eigenvalue weighted by atomic mass is 10.2. The number of rotatable bonds is 3. The minimum absolute atomic E-state index is 0.803. The highest BCUT2D eigenvalue weighted by Crippen LogP contribution is 2.27. The first-order valence-corrected chi connectivity index (χ1v) is 6.52. The van der Waals surface area contributed by atoms with E-state index in [2.05, 4.69) is 49.6 Å². The van der Waals surface area contributed by atoms with Crippen LogP contribution in [0.1, 0.15) is 5.56 Å². The second-order valence-corrected chi connectivity index (χ2v) is 5.04. The molecule has 3 nitrogen and oxygen atoms in total. The topological polar surface area (TPSA) is 40.7 Å². The van der Waals surface area contributed by atoms with Gasteiger partial charge in [0.25, 0.3) is 0 Å². The molecule has 2 aromatic carbocycles. The van der Waals surface area contributed by atoms with E-state index in [9.17, 15) is 0 Å². The molecule has 0 saturated heterocycles. The van der Waals surface area contributed by atoms with Crippen molar-refractivity contribution in [2.24, 2.45) is 0 Å². The molecule has 2 N–H and O–H groups in total. The maximum atomic E-state index is 4.07. The van der Waals surface area contributed by atoms with Crippen molar-refractivity contribution in [3.63, 3.8) is 0 Å². The fraction of sp³-hybridized carbons (Fsp3) is 0.0714. The quantitative estimate of drug-likeness (QED) is 0.769. The third-order valence-corrected chi connectivity index (χ3v) is 3.31. The molecule has 0 aliphatic rings. The molecule has 0 fully saturated rings. The maximum absolute atomic E-state index is 4.07. The summed E-state index contributed by atoms with van der Waals surface area (Å²) in [7, 11) is 0. The van der Waals surface area contributed by atoms with Crippen LogP contribution in [0.2, 0.25) is 0 Å². The number of anilines is 1. The predicted octanol–water partition coefficient (Wildman–Crippen LogP) is 3.94. The van der Waals surface area contributed by atoms with E-state index in [1.165, 1.54) is 5.56 Å². The van der Waals surface area contributed by atoms with Gasteiger partial charge in [-0.05, 0) is 17.7 Å². The zero-order valence-corrected chi connectivity index (χ0v) is 11.2. The lowest BCUT2D eigenvalue weighted by Crippen LogP contribution is -1.99. The average molecular weight is 302 g/mol. The van der Waals surface area contributed by atoms with Crippen molar-refractivity contribution in [2.75, 3.05) is 5.32 Å². The van der Waals surface area contributed by atoms with E-state index in [0.29, 0.717) is 0 Å². The van der Waals surface area contributed by atoms with Crippen LogP contribution >= 0.6 is 15.9 Å². The fourth-order valence-electron chi connectivity index (χ4n) is 1.96. The van der Waals surface area contributed by atoms with Gasteiger partial charge in [0.05, 0.1) is 11.7 Å². The van der Waals surface area contributed by atoms with Crippen molar-refractivity contribution in [1.29, 1.82) is 0 Å². The molecule has 0 bridgehead atoms. The molecule has 1 aromatic heterocycles. The Kier molecular flexibility index (Phi) is 3.02. The summed E-state index contributed by atoms with van der Waals surface area (Å²) in [5, 5.41) is 11.6. The number of fused-ring (bicyclic) bond motifs is 1. The SMILES string of the molecule is Brc1cc(NCc2ccccc2)c2cn[nH]c2c1. The van der Waals surface area contributed by atoms with Crippen molar-refractivity contribution in [1.82, 2.24) is 10.2 Å². The molecule has 18 heavy (non-hydrogen) atoms. The summed E-state index contributed by atoms with van der Waals surface area (Å²) in [6.45, 7) is 0.803. The lowest BCUT2D eigenvalue weighted by Gasteiger charge is -2.08. The van der Waals surface area contributed by atoms with Gasteiger partial charge in [-0.25, -0.2) is 0 Å². The molecule has 0 saturated carbocycles. The van der Waals surface area contributed by atoms with Crippen LogP contribution in [-0.4, -0.2) is 10.2 Å². The van der Waals surface area contributed by atoms with Crippen LogP contribution in [0.25, 0.3) is 10.9 Å². The molecule has 3 rings (SSSR count). The van der Waals surface area contributed by atoms with E-state index in [0.717, 1.165) is 27.6 Å². The highest BCUT2D eigenvalue weighted by molar-refractivity contribution is 9.10. The Morgan fingerprint density at radius 2 is 2.00 bits per heavy atom. The number of H-pyrrole nitrogens is 1. The Labute approximate surface area is 113 Å². The first kappa shape index (κ1) is 11.3. The Hall–Kier alpha value is -1.81. The molecule has 0 unspecified atom stereocenters. The van der Waals surface area contributed by atoms with Crippen molar-refractivity contribution in [3.8, 4) is 0 Å². The smallest absolute Gasteiger partial charge is 0.0682 e. The molecule has 0 radical (unpaired) electrons. The summed E-state index contributed by atoms with van der Waals surface area (Å²) >= 11 is 3.51. The van der Waals surface area contributed by atoms with Crippen LogP contribution in [0.5, 0.6) is 0 Å². The van der Waals surface area contributed by atoms with Crippen molar-refractivity contribution in [3.05, 3.63) is 58.7 Å². The monoisotopic (exact) mass is 301 g/mol. The van der Waals surface area contributed by atoms with Gasteiger partial charge in [0.15, 0.2) is 0 Å². The number of aromatic amines is 1. The number of aromatic nitrogens is 2. The number of nitrogens with zero attached hydrogens (tertiary/aromatic N) is 1. The number of benzene rings is 2. The molecule has 90 valence electrons. The number of nitrogens with one attached hydrogen (secondary N) is 2. The Balaban J connectivity index is 1.88. The van der Waals surface area contributed by atoms with E-state index in [-0.39, 0.29) is 0 Å². The third-order valence-electron chi connectivity index (χ3n) is 2.85. The number of hydrogen-bond donors (Lipinski definition) is 2. The molecule has 3 aromatic rings. The maximum Gasteiger partial charge on any atom is 0.0682 e. The van der Waals surface area contributed by atoms with E-state index in [1.54, 1.807) is 0 Å². The molecular formula is C14H12BrN3. The fourth-order valence-corrected chi connectivity index (χ4v) is 2.41. The van der Waals surface area contributed by atoms with E-state index in [4.69, 9.17) is 0 Å². The average Bonchev–Trinajstić information content (AvgIpc) is 2.85. The van der Waals surface area contributed by atoms with Gasteiger partial charge in [-0.3, -0.25) is 5.10 Å². The third kappa shape index (κ3) is 2.24. The van der Waals surface area contributed by atoms with Gasteiger partial charge >= 0.3 is 0 Å². The van der Waals surface area contributed by atoms with Crippen LogP contribution in [0, 0.1) is 0 Å². The van der Waals surface area contributed by atoms with Gasteiger partial charge in [0.1, 0.15) is 0 Å². The summed E-state index contributed by atoms with van der Waals surface area (Å²) < 4.78 is 1.04. The van der Waals surface area contributed by atoms with Crippen LogP contribution in [0.15, 0.2) is 53.1 Å². The van der Waals surface area contributed by atoms with Gasteiger partial charge in [0.2, 0.25) is 0 Å². The molecule has 0 aliphatic heterocycles. The van der Waals surface area contributed by atoms with Gasteiger partial charge in [-0.2, -0.15) is 5.10 Å². The molecule has 0 amide bonds. The highest BCUT2D eigenvalue weighted by Gasteiger charge is 2.04. The second kappa shape index (κ2) is 4.82. The predicted molar refractivity (Wildman–Crippen MR) is 77.6 cm³/mol.